The van der Waals surface area contributed by atoms with E-state index in [-0.39, 0.29) is 18.5 Å². The summed E-state index contributed by atoms with van der Waals surface area (Å²) in [5.74, 6) is -0.915. The zero-order chi connectivity index (χ0) is 12.6. The van der Waals surface area contributed by atoms with E-state index in [0.717, 1.165) is 12.8 Å². The fourth-order valence-corrected chi connectivity index (χ4v) is 1.21. The van der Waals surface area contributed by atoms with E-state index < -0.39 is 5.97 Å². The number of carbonyl (C=O) groups excluding carboxylic acids is 1. The molecule has 0 aliphatic heterocycles. The standard InChI is InChI=1S/C11H20N2O3/c1-4-5-6-7-13(3)11(16)12-9(2)8-10(14)15/h4,9H,1,5-8H2,2-3H3,(H,12,16)(H,14,15). The predicted octanol–water partition coefficient (Wildman–Crippen LogP) is 1.46. The summed E-state index contributed by atoms with van der Waals surface area (Å²) >= 11 is 0. The van der Waals surface area contributed by atoms with E-state index in [1.807, 2.05) is 0 Å². The predicted molar refractivity (Wildman–Crippen MR) is 62.3 cm³/mol. The van der Waals surface area contributed by atoms with Crippen molar-refractivity contribution in [3.63, 3.8) is 0 Å². The molecule has 0 heterocycles. The first-order valence-electron chi connectivity index (χ1n) is 5.31. The van der Waals surface area contributed by atoms with Crippen LogP contribution in [0.1, 0.15) is 26.2 Å². The Morgan fingerprint density at radius 3 is 2.69 bits per heavy atom. The third-order valence-corrected chi connectivity index (χ3v) is 2.10. The van der Waals surface area contributed by atoms with Crippen LogP contribution in [0.4, 0.5) is 4.79 Å². The van der Waals surface area contributed by atoms with Crippen molar-refractivity contribution in [1.29, 1.82) is 0 Å². The number of unbranched alkanes of at least 4 members (excludes halogenated alkanes) is 1. The fraction of sp³-hybridized carbons (Fsp3) is 0.636. The highest BCUT2D eigenvalue weighted by Crippen LogP contribution is 1.96. The van der Waals surface area contributed by atoms with Gasteiger partial charge in [0.1, 0.15) is 0 Å². The van der Waals surface area contributed by atoms with Gasteiger partial charge < -0.3 is 15.3 Å². The minimum atomic E-state index is -0.915. The average molecular weight is 228 g/mol. The van der Waals surface area contributed by atoms with Crippen LogP contribution in [-0.2, 0) is 4.79 Å². The van der Waals surface area contributed by atoms with Crippen molar-refractivity contribution >= 4 is 12.0 Å². The van der Waals surface area contributed by atoms with E-state index in [2.05, 4.69) is 11.9 Å². The number of urea groups is 1. The smallest absolute Gasteiger partial charge is 0.317 e. The van der Waals surface area contributed by atoms with Gasteiger partial charge in [-0.15, -0.1) is 6.58 Å². The number of nitrogens with one attached hydrogen (secondary N) is 1. The third-order valence-electron chi connectivity index (χ3n) is 2.10. The van der Waals surface area contributed by atoms with Crippen LogP contribution in [0, 0.1) is 0 Å². The molecule has 0 fully saturated rings. The summed E-state index contributed by atoms with van der Waals surface area (Å²) in [4.78, 5) is 23.5. The van der Waals surface area contributed by atoms with Gasteiger partial charge in [-0.1, -0.05) is 6.08 Å². The lowest BCUT2D eigenvalue weighted by atomic mass is 10.2. The molecule has 0 rings (SSSR count). The van der Waals surface area contributed by atoms with E-state index in [1.54, 1.807) is 24.9 Å². The zero-order valence-electron chi connectivity index (χ0n) is 9.90. The number of carbonyl (C=O) groups is 2. The average Bonchev–Trinajstić information content (AvgIpc) is 2.16. The molecule has 5 heteroatoms. The Morgan fingerprint density at radius 2 is 2.19 bits per heavy atom. The van der Waals surface area contributed by atoms with Crippen LogP contribution in [0.2, 0.25) is 0 Å². The Bertz CT molecular complexity index is 254. The molecule has 16 heavy (non-hydrogen) atoms. The van der Waals surface area contributed by atoms with Gasteiger partial charge in [0.2, 0.25) is 0 Å². The highest BCUT2D eigenvalue weighted by atomic mass is 16.4. The van der Waals surface area contributed by atoms with Crippen molar-refractivity contribution in [2.45, 2.75) is 32.2 Å². The number of rotatable bonds is 7. The van der Waals surface area contributed by atoms with Crippen LogP contribution in [0.5, 0.6) is 0 Å². The molecule has 2 amide bonds. The summed E-state index contributed by atoms with van der Waals surface area (Å²) in [6, 6.07) is -0.593. The molecule has 1 atom stereocenters. The number of carboxylic acids is 1. The van der Waals surface area contributed by atoms with Crippen LogP contribution in [0.25, 0.3) is 0 Å². The summed E-state index contributed by atoms with van der Waals surface area (Å²) in [5.41, 5.74) is 0. The highest BCUT2D eigenvalue weighted by molar-refractivity contribution is 5.75. The highest BCUT2D eigenvalue weighted by Gasteiger charge is 2.13. The summed E-state index contributed by atoms with van der Waals surface area (Å²) < 4.78 is 0. The van der Waals surface area contributed by atoms with Gasteiger partial charge in [-0.25, -0.2) is 4.79 Å². The molecule has 0 aromatic heterocycles. The molecule has 0 radical (unpaired) electrons. The molecule has 0 bridgehead atoms. The van der Waals surface area contributed by atoms with Gasteiger partial charge >= 0.3 is 12.0 Å². The lowest BCUT2D eigenvalue weighted by Crippen LogP contribution is -2.42. The summed E-state index contributed by atoms with van der Waals surface area (Å²) in [6.07, 6.45) is 3.47. The molecule has 0 saturated heterocycles. The van der Waals surface area contributed by atoms with Crippen LogP contribution in [0.15, 0.2) is 12.7 Å². The van der Waals surface area contributed by atoms with E-state index in [0.29, 0.717) is 6.54 Å². The maximum atomic E-state index is 11.5. The Hall–Kier alpha value is -1.52. The van der Waals surface area contributed by atoms with Gasteiger partial charge in [-0.05, 0) is 19.8 Å². The second kappa shape index (κ2) is 7.73. The minimum absolute atomic E-state index is 0.0633. The first-order chi connectivity index (χ1) is 7.47. The van der Waals surface area contributed by atoms with Gasteiger partial charge in [-0.3, -0.25) is 4.79 Å². The van der Waals surface area contributed by atoms with Gasteiger partial charge in [0.05, 0.1) is 6.42 Å². The second-order valence-corrected chi connectivity index (χ2v) is 3.80. The lowest BCUT2D eigenvalue weighted by Gasteiger charge is -2.20. The largest absolute Gasteiger partial charge is 0.481 e. The van der Waals surface area contributed by atoms with Crippen LogP contribution in [0.3, 0.4) is 0 Å². The van der Waals surface area contributed by atoms with Crippen molar-refractivity contribution in [3.05, 3.63) is 12.7 Å². The van der Waals surface area contributed by atoms with Crippen LogP contribution >= 0.6 is 0 Å². The Morgan fingerprint density at radius 1 is 1.56 bits per heavy atom. The number of aliphatic carboxylic acids is 1. The zero-order valence-corrected chi connectivity index (χ0v) is 9.90. The molecule has 2 N–H and O–H groups in total. The van der Waals surface area contributed by atoms with E-state index in [9.17, 15) is 9.59 Å². The minimum Gasteiger partial charge on any atom is -0.481 e. The van der Waals surface area contributed by atoms with Crippen molar-refractivity contribution in [1.82, 2.24) is 10.2 Å². The molecule has 0 aromatic rings. The molecule has 0 aromatic carbocycles. The Kier molecular flexibility index (Phi) is 7.00. The lowest BCUT2D eigenvalue weighted by molar-refractivity contribution is -0.137. The van der Waals surface area contributed by atoms with Gasteiger partial charge in [-0.2, -0.15) is 0 Å². The summed E-state index contributed by atoms with van der Waals surface area (Å²) in [7, 11) is 1.69. The van der Waals surface area contributed by atoms with E-state index in [4.69, 9.17) is 5.11 Å². The molecule has 92 valence electrons. The monoisotopic (exact) mass is 228 g/mol. The summed E-state index contributed by atoms with van der Waals surface area (Å²) in [6.45, 7) is 5.91. The number of allylic oxidation sites excluding steroid dienone is 1. The molecule has 0 saturated carbocycles. The second-order valence-electron chi connectivity index (χ2n) is 3.80. The van der Waals surface area contributed by atoms with Gasteiger partial charge in [0.15, 0.2) is 0 Å². The maximum Gasteiger partial charge on any atom is 0.317 e. The van der Waals surface area contributed by atoms with Crippen molar-refractivity contribution in [3.8, 4) is 0 Å². The molecule has 5 nitrogen and oxygen atoms in total. The van der Waals surface area contributed by atoms with Crippen LogP contribution < -0.4 is 5.32 Å². The SMILES string of the molecule is C=CCCCN(C)C(=O)NC(C)CC(=O)O. The van der Waals surface area contributed by atoms with Crippen molar-refractivity contribution < 1.29 is 14.7 Å². The molecule has 0 spiro atoms. The van der Waals surface area contributed by atoms with Gasteiger partial charge in [0, 0.05) is 19.6 Å². The number of nitrogens with zero attached hydrogens (tertiary/aromatic N) is 1. The number of hydrogen-bond donors (Lipinski definition) is 2. The third kappa shape index (κ3) is 6.86. The molecule has 1 unspecified atom stereocenters. The van der Waals surface area contributed by atoms with Crippen molar-refractivity contribution in [2.24, 2.45) is 0 Å². The van der Waals surface area contributed by atoms with E-state index >= 15 is 0 Å². The van der Waals surface area contributed by atoms with E-state index in [1.165, 1.54) is 0 Å². The van der Waals surface area contributed by atoms with Crippen LogP contribution in [-0.4, -0.2) is 41.6 Å². The quantitative estimate of drug-likeness (QED) is 0.512. The topological polar surface area (TPSA) is 69.6 Å². The number of carboxylic acid groups (broad SMARTS) is 1. The molecule has 0 aliphatic carbocycles. The Balaban J connectivity index is 3.85. The molecular formula is C11H20N2O3. The first kappa shape index (κ1) is 14.5. The number of amides is 2. The first-order valence-corrected chi connectivity index (χ1v) is 5.31. The maximum absolute atomic E-state index is 11.5. The summed E-state index contributed by atoms with van der Waals surface area (Å²) in [5, 5.41) is 11.2. The molecular weight excluding hydrogens is 208 g/mol. The van der Waals surface area contributed by atoms with Gasteiger partial charge in [0.25, 0.3) is 0 Å². The Labute approximate surface area is 96.1 Å². The van der Waals surface area contributed by atoms with Crippen molar-refractivity contribution in [2.75, 3.05) is 13.6 Å². The number of hydrogen-bond acceptors (Lipinski definition) is 2. The molecule has 0 aliphatic rings. The fourth-order valence-electron chi connectivity index (χ4n) is 1.21. The normalized spacial score (nSPS) is 11.6.